The maximum Gasteiger partial charge on any atom is 0.273 e. The number of nitro benzene ring substituents is 1. The van der Waals surface area contributed by atoms with Gasteiger partial charge in [0.05, 0.1) is 26.2 Å². The smallest absolute Gasteiger partial charge is 0.273 e. The highest BCUT2D eigenvalue weighted by Gasteiger charge is 2.13. The SMILES string of the molecule is O=c1c2ccc([N+](=O)[O-])cc2oc2c(Br)cccc12. The van der Waals surface area contributed by atoms with E-state index in [0.717, 1.165) is 0 Å². The first-order valence-electron chi connectivity index (χ1n) is 5.37. The Labute approximate surface area is 114 Å². The van der Waals surface area contributed by atoms with E-state index < -0.39 is 4.92 Å². The lowest BCUT2D eigenvalue weighted by atomic mass is 10.1. The van der Waals surface area contributed by atoms with Crippen LogP contribution in [-0.2, 0) is 0 Å². The van der Waals surface area contributed by atoms with Gasteiger partial charge in [-0.15, -0.1) is 0 Å². The van der Waals surface area contributed by atoms with Crippen molar-refractivity contribution in [2.75, 3.05) is 0 Å². The lowest BCUT2D eigenvalue weighted by Crippen LogP contribution is -2.02. The summed E-state index contributed by atoms with van der Waals surface area (Å²) in [5, 5.41) is 11.5. The minimum absolute atomic E-state index is 0.109. The molecular formula is C13H6BrNO4. The maximum absolute atomic E-state index is 12.3. The molecule has 3 rings (SSSR count). The standard InChI is InChI=1S/C13H6BrNO4/c14-10-3-1-2-9-12(16)8-5-4-7(15(17)18)6-11(8)19-13(9)10/h1-6H. The summed E-state index contributed by atoms with van der Waals surface area (Å²) in [4.78, 5) is 22.5. The third kappa shape index (κ3) is 1.80. The summed E-state index contributed by atoms with van der Waals surface area (Å²) in [6.07, 6.45) is 0. The fourth-order valence-corrected chi connectivity index (χ4v) is 2.39. The molecule has 2 aromatic carbocycles. The predicted octanol–water partition coefficient (Wildman–Crippen LogP) is 3.62. The molecule has 0 saturated heterocycles. The van der Waals surface area contributed by atoms with Crippen LogP contribution in [-0.4, -0.2) is 4.92 Å². The van der Waals surface area contributed by atoms with Crippen LogP contribution in [0.15, 0.2) is 50.1 Å². The van der Waals surface area contributed by atoms with Gasteiger partial charge in [-0.1, -0.05) is 6.07 Å². The number of benzene rings is 2. The van der Waals surface area contributed by atoms with E-state index in [4.69, 9.17) is 4.42 Å². The largest absolute Gasteiger partial charge is 0.454 e. The molecule has 0 amide bonds. The van der Waals surface area contributed by atoms with E-state index in [0.29, 0.717) is 20.8 Å². The Morgan fingerprint density at radius 1 is 1.16 bits per heavy atom. The van der Waals surface area contributed by atoms with Crippen molar-refractivity contribution in [2.24, 2.45) is 0 Å². The molecule has 0 unspecified atom stereocenters. The van der Waals surface area contributed by atoms with Gasteiger partial charge in [0.1, 0.15) is 5.58 Å². The number of para-hydroxylation sites is 1. The molecular weight excluding hydrogens is 314 g/mol. The Morgan fingerprint density at radius 2 is 1.95 bits per heavy atom. The zero-order valence-electron chi connectivity index (χ0n) is 9.42. The average molecular weight is 320 g/mol. The lowest BCUT2D eigenvalue weighted by Gasteiger charge is -2.02. The first kappa shape index (κ1) is 11.9. The molecule has 0 atom stereocenters. The molecule has 6 heteroatoms. The van der Waals surface area contributed by atoms with Gasteiger partial charge in [-0.25, -0.2) is 0 Å². The van der Waals surface area contributed by atoms with Gasteiger partial charge in [-0.05, 0) is 34.1 Å². The number of hydrogen-bond donors (Lipinski definition) is 0. The van der Waals surface area contributed by atoms with Gasteiger partial charge >= 0.3 is 0 Å². The predicted molar refractivity (Wildman–Crippen MR) is 74.3 cm³/mol. The van der Waals surface area contributed by atoms with Crippen LogP contribution in [0.4, 0.5) is 5.69 Å². The molecule has 0 bridgehead atoms. The van der Waals surface area contributed by atoms with Crippen molar-refractivity contribution in [3.8, 4) is 0 Å². The molecule has 0 aliphatic rings. The number of rotatable bonds is 1. The molecule has 0 aliphatic carbocycles. The van der Waals surface area contributed by atoms with Crippen molar-refractivity contribution in [3.05, 3.63) is 61.2 Å². The second-order valence-electron chi connectivity index (χ2n) is 3.99. The minimum atomic E-state index is -0.524. The number of hydrogen-bond acceptors (Lipinski definition) is 4. The van der Waals surface area contributed by atoms with E-state index in [1.807, 2.05) is 0 Å². The minimum Gasteiger partial charge on any atom is -0.454 e. The molecule has 0 aliphatic heterocycles. The zero-order chi connectivity index (χ0) is 13.6. The Hall–Kier alpha value is -2.21. The summed E-state index contributed by atoms with van der Waals surface area (Å²) in [5.41, 5.74) is 0.286. The molecule has 0 saturated carbocycles. The van der Waals surface area contributed by atoms with E-state index in [2.05, 4.69) is 15.9 Å². The van der Waals surface area contributed by atoms with Crippen molar-refractivity contribution < 1.29 is 9.34 Å². The van der Waals surface area contributed by atoms with Gasteiger partial charge in [-0.2, -0.15) is 0 Å². The monoisotopic (exact) mass is 319 g/mol. The molecule has 94 valence electrons. The Bertz CT molecular complexity index is 885. The topological polar surface area (TPSA) is 73.3 Å². The third-order valence-corrected chi connectivity index (χ3v) is 3.47. The van der Waals surface area contributed by atoms with Crippen LogP contribution in [0.3, 0.4) is 0 Å². The van der Waals surface area contributed by atoms with E-state index >= 15 is 0 Å². The van der Waals surface area contributed by atoms with E-state index in [1.54, 1.807) is 18.2 Å². The first-order valence-corrected chi connectivity index (χ1v) is 6.17. The first-order chi connectivity index (χ1) is 9.08. The maximum atomic E-state index is 12.3. The van der Waals surface area contributed by atoms with E-state index in [-0.39, 0.29) is 16.7 Å². The van der Waals surface area contributed by atoms with Gasteiger partial charge in [0.25, 0.3) is 5.69 Å². The lowest BCUT2D eigenvalue weighted by molar-refractivity contribution is -0.384. The van der Waals surface area contributed by atoms with Gasteiger partial charge in [0, 0.05) is 6.07 Å². The van der Waals surface area contributed by atoms with E-state index in [1.165, 1.54) is 18.2 Å². The van der Waals surface area contributed by atoms with Crippen LogP contribution in [0.1, 0.15) is 0 Å². The van der Waals surface area contributed by atoms with Gasteiger partial charge in [0.15, 0.2) is 5.58 Å². The summed E-state index contributed by atoms with van der Waals surface area (Å²) >= 11 is 3.30. The van der Waals surface area contributed by atoms with Crippen LogP contribution in [0.5, 0.6) is 0 Å². The summed E-state index contributed by atoms with van der Waals surface area (Å²) in [5.74, 6) is 0. The van der Waals surface area contributed by atoms with Crippen LogP contribution in [0.2, 0.25) is 0 Å². The number of fused-ring (bicyclic) bond motifs is 2. The van der Waals surface area contributed by atoms with Crippen molar-refractivity contribution in [1.29, 1.82) is 0 Å². The molecule has 19 heavy (non-hydrogen) atoms. The molecule has 1 heterocycles. The quantitative estimate of drug-likeness (QED) is 0.390. The summed E-state index contributed by atoms with van der Waals surface area (Å²) in [7, 11) is 0. The van der Waals surface area contributed by atoms with Crippen LogP contribution in [0.25, 0.3) is 21.9 Å². The van der Waals surface area contributed by atoms with Crippen LogP contribution in [0, 0.1) is 10.1 Å². The molecule has 3 aromatic rings. The number of halogens is 1. The van der Waals surface area contributed by atoms with Crippen molar-refractivity contribution in [1.82, 2.24) is 0 Å². The molecule has 0 radical (unpaired) electrons. The third-order valence-electron chi connectivity index (χ3n) is 2.84. The fourth-order valence-electron chi connectivity index (χ4n) is 1.94. The normalized spacial score (nSPS) is 11.0. The highest BCUT2D eigenvalue weighted by molar-refractivity contribution is 9.10. The average Bonchev–Trinajstić information content (AvgIpc) is 2.40. The summed E-state index contributed by atoms with van der Waals surface area (Å²) in [6.45, 7) is 0. The number of non-ortho nitro benzene ring substituents is 1. The number of nitrogens with zero attached hydrogens (tertiary/aromatic N) is 1. The molecule has 0 spiro atoms. The second-order valence-corrected chi connectivity index (χ2v) is 4.84. The van der Waals surface area contributed by atoms with Crippen LogP contribution < -0.4 is 5.43 Å². The van der Waals surface area contributed by atoms with Gasteiger partial charge in [-0.3, -0.25) is 14.9 Å². The fraction of sp³-hybridized carbons (Fsp3) is 0. The number of nitro groups is 1. The van der Waals surface area contributed by atoms with Crippen LogP contribution >= 0.6 is 15.9 Å². The van der Waals surface area contributed by atoms with Crippen molar-refractivity contribution in [2.45, 2.75) is 0 Å². The van der Waals surface area contributed by atoms with E-state index in [9.17, 15) is 14.9 Å². The highest BCUT2D eigenvalue weighted by atomic mass is 79.9. The highest BCUT2D eigenvalue weighted by Crippen LogP contribution is 2.27. The molecule has 0 N–H and O–H groups in total. The molecule has 5 nitrogen and oxygen atoms in total. The summed E-state index contributed by atoms with van der Waals surface area (Å²) < 4.78 is 6.23. The van der Waals surface area contributed by atoms with Crippen molar-refractivity contribution >= 4 is 43.6 Å². The summed E-state index contributed by atoms with van der Waals surface area (Å²) in [6, 6.07) is 9.11. The Morgan fingerprint density at radius 3 is 2.68 bits per heavy atom. The molecule has 0 fully saturated rings. The zero-order valence-corrected chi connectivity index (χ0v) is 11.0. The molecule has 1 aromatic heterocycles. The van der Waals surface area contributed by atoms with Gasteiger partial charge < -0.3 is 4.42 Å². The van der Waals surface area contributed by atoms with Gasteiger partial charge in [0.2, 0.25) is 5.43 Å². The second kappa shape index (κ2) is 4.17. The van der Waals surface area contributed by atoms with Crippen molar-refractivity contribution in [3.63, 3.8) is 0 Å². The Balaban J connectivity index is 2.51. The Kier molecular flexibility index (Phi) is 2.60.